The first-order chi connectivity index (χ1) is 10.8. The van der Waals surface area contributed by atoms with E-state index in [1.807, 2.05) is 30.3 Å². The van der Waals surface area contributed by atoms with Crippen LogP contribution in [0.4, 0.5) is 4.79 Å². The van der Waals surface area contributed by atoms with E-state index in [1.165, 1.54) is 0 Å². The van der Waals surface area contributed by atoms with Crippen LogP contribution in [0.25, 0.3) is 0 Å². The van der Waals surface area contributed by atoms with Crippen LogP contribution in [-0.2, 0) is 14.2 Å². The van der Waals surface area contributed by atoms with Crippen LogP contribution < -0.4 is 10.1 Å². The van der Waals surface area contributed by atoms with E-state index >= 15 is 0 Å². The second kappa shape index (κ2) is 12.9. The molecule has 0 bridgehead atoms. The third kappa shape index (κ3) is 9.98. The van der Waals surface area contributed by atoms with E-state index in [0.29, 0.717) is 39.6 Å². The minimum atomic E-state index is -0.503. The fraction of sp³-hybridized carbons (Fsp3) is 0.533. The van der Waals surface area contributed by atoms with Crippen molar-refractivity contribution in [2.45, 2.75) is 0 Å². The summed E-state index contributed by atoms with van der Waals surface area (Å²) in [5.41, 5.74) is 0. The first-order valence-corrected chi connectivity index (χ1v) is 7.17. The maximum atomic E-state index is 11.3. The molecule has 1 amide bonds. The van der Waals surface area contributed by atoms with Gasteiger partial charge in [0.2, 0.25) is 0 Å². The molecule has 2 N–H and O–H groups in total. The zero-order chi connectivity index (χ0) is 15.9. The summed E-state index contributed by atoms with van der Waals surface area (Å²) >= 11 is 0. The van der Waals surface area contributed by atoms with Crippen molar-refractivity contribution in [1.29, 1.82) is 0 Å². The zero-order valence-corrected chi connectivity index (χ0v) is 12.5. The highest BCUT2D eigenvalue weighted by atomic mass is 16.6. The van der Waals surface area contributed by atoms with Crippen molar-refractivity contribution in [1.82, 2.24) is 5.32 Å². The quantitative estimate of drug-likeness (QED) is 0.556. The molecule has 0 heterocycles. The lowest BCUT2D eigenvalue weighted by Crippen LogP contribution is -2.29. The first-order valence-electron chi connectivity index (χ1n) is 7.17. The molecular weight excluding hydrogens is 290 g/mol. The minimum absolute atomic E-state index is 0.00137. The molecule has 0 aliphatic heterocycles. The predicted molar refractivity (Wildman–Crippen MR) is 80.0 cm³/mol. The number of amides is 1. The van der Waals surface area contributed by atoms with Crippen molar-refractivity contribution >= 4 is 6.09 Å². The summed E-state index contributed by atoms with van der Waals surface area (Å²) in [5, 5.41) is 11.0. The number of benzene rings is 1. The Hall–Kier alpha value is -1.83. The van der Waals surface area contributed by atoms with Crippen LogP contribution in [0.5, 0.6) is 5.75 Å². The summed E-state index contributed by atoms with van der Waals surface area (Å²) in [6.45, 7) is 2.35. The zero-order valence-electron chi connectivity index (χ0n) is 12.5. The summed E-state index contributed by atoms with van der Waals surface area (Å²) in [7, 11) is 0. The number of carbonyl (C=O) groups excluding carboxylic acids is 1. The molecule has 7 nitrogen and oxygen atoms in total. The molecule has 124 valence electrons. The highest BCUT2D eigenvalue weighted by molar-refractivity contribution is 5.67. The lowest BCUT2D eigenvalue weighted by molar-refractivity contribution is 0.0336. The number of alkyl carbamates (subject to hydrolysis) is 1. The van der Waals surface area contributed by atoms with Crippen LogP contribution in [0, 0.1) is 0 Å². The van der Waals surface area contributed by atoms with E-state index in [1.54, 1.807) is 0 Å². The van der Waals surface area contributed by atoms with Crippen molar-refractivity contribution in [3.05, 3.63) is 30.3 Å². The van der Waals surface area contributed by atoms with Crippen molar-refractivity contribution < 1.29 is 28.8 Å². The second-order valence-electron chi connectivity index (χ2n) is 4.17. The molecule has 0 radical (unpaired) electrons. The fourth-order valence-electron chi connectivity index (χ4n) is 1.47. The molecule has 1 aromatic rings. The lowest BCUT2D eigenvalue weighted by atomic mass is 10.3. The SMILES string of the molecule is O=C(NCCOCCOCCO)OCCOc1ccccc1. The van der Waals surface area contributed by atoms with Crippen LogP contribution in [0.15, 0.2) is 30.3 Å². The van der Waals surface area contributed by atoms with Gasteiger partial charge in [0.05, 0.1) is 33.0 Å². The van der Waals surface area contributed by atoms with Gasteiger partial charge in [-0.25, -0.2) is 4.79 Å². The highest BCUT2D eigenvalue weighted by Crippen LogP contribution is 2.07. The number of para-hydroxylation sites is 1. The Labute approximate surface area is 130 Å². The Bertz CT molecular complexity index is 387. The molecule has 0 aliphatic rings. The van der Waals surface area contributed by atoms with Gasteiger partial charge in [-0.3, -0.25) is 0 Å². The lowest BCUT2D eigenvalue weighted by Gasteiger charge is -2.09. The Kier molecular flexibility index (Phi) is 10.7. The Morgan fingerprint density at radius 2 is 1.68 bits per heavy atom. The molecule has 0 aliphatic carbocycles. The molecule has 22 heavy (non-hydrogen) atoms. The second-order valence-corrected chi connectivity index (χ2v) is 4.17. The van der Waals surface area contributed by atoms with Crippen molar-refractivity contribution in [2.24, 2.45) is 0 Å². The molecule has 0 aromatic heterocycles. The maximum Gasteiger partial charge on any atom is 0.407 e. The molecule has 0 atom stereocenters. The van der Waals surface area contributed by atoms with Gasteiger partial charge in [0.15, 0.2) is 0 Å². The van der Waals surface area contributed by atoms with E-state index in [2.05, 4.69) is 5.32 Å². The summed E-state index contributed by atoms with van der Waals surface area (Å²) in [6, 6.07) is 9.32. The van der Waals surface area contributed by atoms with Gasteiger partial charge in [0.25, 0.3) is 0 Å². The number of ether oxygens (including phenoxy) is 4. The third-order valence-electron chi connectivity index (χ3n) is 2.45. The van der Waals surface area contributed by atoms with Gasteiger partial charge in [0.1, 0.15) is 19.0 Å². The number of carbonyl (C=O) groups is 1. The van der Waals surface area contributed by atoms with E-state index in [9.17, 15) is 4.79 Å². The Morgan fingerprint density at radius 1 is 0.955 bits per heavy atom. The van der Waals surface area contributed by atoms with Gasteiger partial charge < -0.3 is 29.4 Å². The summed E-state index contributed by atoms with van der Waals surface area (Å²) < 4.78 is 20.5. The van der Waals surface area contributed by atoms with Crippen molar-refractivity contribution in [2.75, 3.05) is 52.8 Å². The van der Waals surface area contributed by atoms with Gasteiger partial charge in [-0.2, -0.15) is 0 Å². The molecule has 0 spiro atoms. The van der Waals surface area contributed by atoms with Crippen LogP contribution >= 0.6 is 0 Å². The number of aliphatic hydroxyl groups excluding tert-OH is 1. The van der Waals surface area contributed by atoms with E-state index in [0.717, 1.165) is 5.75 Å². The molecule has 0 saturated carbocycles. The van der Waals surface area contributed by atoms with E-state index in [4.69, 9.17) is 24.1 Å². The number of rotatable bonds is 12. The van der Waals surface area contributed by atoms with Crippen molar-refractivity contribution in [3.63, 3.8) is 0 Å². The van der Waals surface area contributed by atoms with Gasteiger partial charge >= 0.3 is 6.09 Å². The standard InChI is InChI=1S/C15H23NO6/c17-7-9-20-11-10-19-8-6-16-15(18)22-13-12-21-14-4-2-1-3-5-14/h1-5,17H,6-13H2,(H,16,18). The minimum Gasteiger partial charge on any atom is -0.490 e. The number of hydrogen-bond donors (Lipinski definition) is 2. The summed E-state index contributed by atoms with van der Waals surface area (Å²) in [6.07, 6.45) is -0.503. The average Bonchev–Trinajstić information content (AvgIpc) is 2.55. The van der Waals surface area contributed by atoms with Crippen LogP contribution in [0.3, 0.4) is 0 Å². The fourth-order valence-corrected chi connectivity index (χ4v) is 1.47. The Morgan fingerprint density at radius 3 is 2.41 bits per heavy atom. The largest absolute Gasteiger partial charge is 0.490 e. The number of nitrogens with one attached hydrogen (secondary N) is 1. The summed E-state index contributed by atoms with van der Waals surface area (Å²) in [5.74, 6) is 0.739. The average molecular weight is 313 g/mol. The first kappa shape index (κ1) is 18.2. The molecule has 1 aromatic carbocycles. The van der Waals surface area contributed by atoms with Crippen LogP contribution in [0.2, 0.25) is 0 Å². The van der Waals surface area contributed by atoms with Gasteiger partial charge in [-0.05, 0) is 12.1 Å². The Balaban J connectivity index is 1.87. The number of aliphatic hydroxyl groups is 1. The summed E-state index contributed by atoms with van der Waals surface area (Å²) in [4.78, 5) is 11.3. The normalized spacial score (nSPS) is 10.2. The van der Waals surface area contributed by atoms with Crippen LogP contribution in [0.1, 0.15) is 0 Å². The number of hydrogen-bond acceptors (Lipinski definition) is 6. The molecule has 0 saturated heterocycles. The smallest absolute Gasteiger partial charge is 0.407 e. The van der Waals surface area contributed by atoms with Gasteiger partial charge in [0, 0.05) is 6.54 Å². The molecule has 0 unspecified atom stereocenters. The highest BCUT2D eigenvalue weighted by Gasteiger charge is 2.01. The molecular formula is C15H23NO6. The monoisotopic (exact) mass is 313 g/mol. The molecule has 1 rings (SSSR count). The molecule has 0 fully saturated rings. The van der Waals surface area contributed by atoms with Crippen molar-refractivity contribution in [3.8, 4) is 5.75 Å². The maximum absolute atomic E-state index is 11.3. The predicted octanol–water partition coefficient (Wildman–Crippen LogP) is 0.817. The third-order valence-corrected chi connectivity index (χ3v) is 2.45. The molecule has 7 heteroatoms. The van der Waals surface area contributed by atoms with Gasteiger partial charge in [-0.15, -0.1) is 0 Å². The topological polar surface area (TPSA) is 86.3 Å². The van der Waals surface area contributed by atoms with Gasteiger partial charge in [-0.1, -0.05) is 18.2 Å². The van der Waals surface area contributed by atoms with Crippen LogP contribution in [-0.4, -0.2) is 64.0 Å². The van der Waals surface area contributed by atoms with E-state index < -0.39 is 6.09 Å². The van der Waals surface area contributed by atoms with E-state index in [-0.39, 0.29) is 13.2 Å².